The summed E-state index contributed by atoms with van der Waals surface area (Å²) < 4.78 is 22.8. The maximum Gasteiger partial charge on any atom is 0.334 e. The Morgan fingerprint density at radius 2 is 2.03 bits per heavy atom. The molecule has 6 heteroatoms. The first-order valence-corrected chi connectivity index (χ1v) is 11.1. The Kier molecular flexibility index (Phi) is 6.54. The molecule has 1 aromatic carbocycles. The summed E-state index contributed by atoms with van der Waals surface area (Å²) in [6.07, 6.45) is 6.38. The molecule has 1 unspecified atom stereocenters. The molecule has 0 spiro atoms. The third-order valence-electron chi connectivity index (χ3n) is 5.94. The molecule has 0 amide bonds. The Balaban J connectivity index is 1.56. The Bertz CT molecular complexity index is 1080. The molecule has 2 bridgehead atoms. The number of carbonyl (C=O) groups is 2. The minimum absolute atomic E-state index is 0.318. The number of benzene rings is 1. The number of carbonyl (C=O) groups excluding carboxylic acids is 2. The lowest BCUT2D eigenvalue weighted by atomic mass is 9.85. The first-order valence-electron chi connectivity index (χ1n) is 11.1. The standard InChI is InChI=1S/C27H28O6/c1-5-30-21-8-6-7-19(13-21)9-10-25(28)33-23-12-16(2)11-22-14-20(27(29)32-22)15-24-26(23)17(3)18(4)31-24/h6-10,12-14,22-24,26H,3-5,11,15H2,1-2H3/b10-9+,16-12+/t22-,23-,24?,26+/m1/s1. The van der Waals surface area contributed by atoms with Crippen LogP contribution in [0.3, 0.4) is 0 Å². The largest absolute Gasteiger partial charge is 0.494 e. The van der Waals surface area contributed by atoms with Crippen LogP contribution in [0.4, 0.5) is 0 Å². The van der Waals surface area contributed by atoms with Crippen LogP contribution in [0.15, 0.2) is 78.1 Å². The minimum Gasteiger partial charge on any atom is -0.494 e. The van der Waals surface area contributed by atoms with E-state index in [-0.39, 0.29) is 18.0 Å². The summed E-state index contributed by atoms with van der Waals surface area (Å²) in [5, 5.41) is 0. The lowest BCUT2D eigenvalue weighted by Gasteiger charge is -2.26. The molecule has 3 aliphatic rings. The fourth-order valence-electron chi connectivity index (χ4n) is 4.42. The molecule has 1 aliphatic carbocycles. The fraction of sp³-hybridized carbons (Fsp3) is 0.333. The molecular weight excluding hydrogens is 420 g/mol. The van der Waals surface area contributed by atoms with Crippen LogP contribution in [0.1, 0.15) is 32.3 Å². The van der Waals surface area contributed by atoms with E-state index in [2.05, 4.69) is 13.2 Å². The number of fused-ring (bicyclic) bond motifs is 2. The highest BCUT2D eigenvalue weighted by Gasteiger charge is 2.44. The number of ether oxygens (including phenoxy) is 4. The van der Waals surface area contributed by atoms with Crippen LogP contribution in [0.2, 0.25) is 0 Å². The second kappa shape index (κ2) is 9.53. The smallest absolute Gasteiger partial charge is 0.334 e. The highest BCUT2D eigenvalue weighted by molar-refractivity contribution is 5.91. The predicted octanol–water partition coefficient (Wildman–Crippen LogP) is 4.69. The van der Waals surface area contributed by atoms with Crippen molar-refractivity contribution in [2.45, 2.75) is 45.0 Å². The van der Waals surface area contributed by atoms with Crippen LogP contribution in [-0.2, 0) is 23.8 Å². The second-order valence-electron chi connectivity index (χ2n) is 8.43. The van der Waals surface area contributed by atoms with E-state index in [1.54, 1.807) is 6.08 Å². The summed E-state index contributed by atoms with van der Waals surface area (Å²) in [6.45, 7) is 12.5. The summed E-state index contributed by atoms with van der Waals surface area (Å²) in [5.41, 5.74) is 3.02. The van der Waals surface area contributed by atoms with Crippen molar-refractivity contribution in [2.24, 2.45) is 5.92 Å². The maximum absolute atomic E-state index is 12.8. The van der Waals surface area contributed by atoms with Gasteiger partial charge in [0.05, 0.1) is 12.5 Å². The van der Waals surface area contributed by atoms with Gasteiger partial charge >= 0.3 is 11.9 Å². The van der Waals surface area contributed by atoms with Gasteiger partial charge in [0.1, 0.15) is 29.8 Å². The van der Waals surface area contributed by atoms with E-state index in [0.717, 1.165) is 16.9 Å². The maximum atomic E-state index is 12.8. The summed E-state index contributed by atoms with van der Waals surface area (Å²) >= 11 is 0. The number of esters is 2. The molecule has 0 radical (unpaired) electrons. The highest BCUT2D eigenvalue weighted by Crippen LogP contribution is 2.41. The molecule has 172 valence electrons. The average molecular weight is 449 g/mol. The summed E-state index contributed by atoms with van der Waals surface area (Å²) in [6, 6.07) is 7.47. The van der Waals surface area contributed by atoms with Crippen molar-refractivity contribution in [1.82, 2.24) is 0 Å². The third kappa shape index (κ3) is 5.11. The monoisotopic (exact) mass is 448 g/mol. The molecule has 33 heavy (non-hydrogen) atoms. The van der Waals surface area contributed by atoms with Crippen molar-refractivity contribution in [2.75, 3.05) is 6.61 Å². The second-order valence-corrected chi connectivity index (χ2v) is 8.43. The molecule has 2 heterocycles. The van der Waals surface area contributed by atoms with Gasteiger partial charge in [-0.05, 0) is 55.3 Å². The van der Waals surface area contributed by atoms with Crippen LogP contribution < -0.4 is 4.74 Å². The molecule has 4 atom stereocenters. The lowest BCUT2D eigenvalue weighted by molar-refractivity contribution is -0.143. The zero-order valence-electron chi connectivity index (χ0n) is 18.9. The molecule has 6 nitrogen and oxygen atoms in total. The van der Waals surface area contributed by atoms with Crippen LogP contribution in [-0.4, -0.2) is 36.9 Å². The van der Waals surface area contributed by atoms with Gasteiger partial charge in [0.25, 0.3) is 0 Å². The minimum atomic E-state index is -0.609. The molecule has 0 saturated carbocycles. The predicted molar refractivity (Wildman–Crippen MR) is 124 cm³/mol. The van der Waals surface area contributed by atoms with E-state index in [1.807, 2.05) is 50.3 Å². The Morgan fingerprint density at radius 3 is 2.82 bits per heavy atom. The van der Waals surface area contributed by atoms with Crippen molar-refractivity contribution in [3.05, 3.63) is 83.7 Å². The molecular formula is C27H28O6. The molecule has 0 N–H and O–H groups in total. The van der Waals surface area contributed by atoms with Gasteiger partial charge in [-0.1, -0.05) is 30.9 Å². The van der Waals surface area contributed by atoms with Gasteiger partial charge in [-0.25, -0.2) is 9.59 Å². The SMILES string of the molecule is C=C1OC2CC3=C[C@@H](C/C(C)=C/[C@@H](OC(=O)/C=C/c4cccc(OCC)c4)[C@@H]2C1=C)OC3=O. The van der Waals surface area contributed by atoms with Gasteiger partial charge in [0.15, 0.2) is 0 Å². The van der Waals surface area contributed by atoms with Gasteiger partial charge in [-0.15, -0.1) is 0 Å². The van der Waals surface area contributed by atoms with Crippen LogP contribution in [0.25, 0.3) is 6.08 Å². The highest BCUT2D eigenvalue weighted by atomic mass is 16.6. The molecule has 2 aliphatic heterocycles. The zero-order chi connectivity index (χ0) is 23.5. The molecule has 1 aromatic rings. The quantitative estimate of drug-likeness (QED) is 0.370. The Labute approximate surface area is 193 Å². The van der Waals surface area contributed by atoms with Gasteiger partial charge in [-0.2, -0.15) is 0 Å². The van der Waals surface area contributed by atoms with E-state index in [0.29, 0.717) is 36.4 Å². The van der Waals surface area contributed by atoms with Gasteiger partial charge in [0.2, 0.25) is 0 Å². The van der Waals surface area contributed by atoms with E-state index in [9.17, 15) is 9.59 Å². The van der Waals surface area contributed by atoms with Crippen molar-refractivity contribution >= 4 is 18.0 Å². The number of allylic oxidation sites excluding steroid dienone is 1. The lowest BCUT2D eigenvalue weighted by Crippen LogP contribution is -2.32. The van der Waals surface area contributed by atoms with Crippen molar-refractivity contribution in [1.29, 1.82) is 0 Å². The average Bonchev–Trinajstić information content (AvgIpc) is 3.24. The fourth-order valence-corrected chi connectivity index (χ4v) is 4.42. The van der Waals surface area contributed by atoms with Crippen molar-refractivity contribution in [3.63, 3.8) is 0 Å². The topological polar surface area (TPSA) is 71.1 Å². The number of rotatable bonds is 5. The van der Waals surface area contributed by atoms with Crippen LogP contribution >= 0.6 is 0 Å². The third-order valence-corrected chi connectivity index (χ3v) is 5.94. The van der Waals surface area contributed by atoms with Gasteiger partial charge in [-0.3, -0.25) is 0 Å². The summed E-state index contributed by atoms with van der Waals surface area (Å²) in [5.74, 6) is 0.0212. The van der Waals surface area contributed by atoms with Crippen molar-refractivity contribution < 1.29 is 28.5 Å². The van der Waals surface area contributed by atoms with Gasteiger partial charge in [0, 0.05) is 24.5 Å². The molecule has 4 rings (SSSR count). The van der Waals surface area contributed by atoms with Gasteiger partial charge < -0.3 is 18.9 Å². The molecule has 1 fully saturated rings. The zero-order valence-corrected chi connectivity index (χ0v) is 18.9. The van der Waals surface area contributed by atoms with Crippen LogP contribution in [0, 0.1) is 5.92 Å². The van der Waals surface area contributed by atoms with Crippen LogP contribution in [0.5, 0.6) is 5.75 Å². The normalized spacial score (nSPS) is 28.4. The van der Waals surface area contributed by atoms with Crippen molar-refractivity contribution in [3.8, 4) is 5.75 Å². The molecule has 1 saturated heterocycles. The van der Waals surface area contributed by atoms with E-state index in [4.69, 9.17) is 18.9 Å². The van der Waals surface area contributed by atoms with E-state index >= 15 is 0 Å². The molecule has 0 aromatic heterocycles. The Morgan fingerprint density at radius 1 is 1.21 bits per heavy atom. The van der Waals surface area contributed by atoms with E-state index < -0.39 is 18.2 Å². The summed E-state index contributed by atoms with van der Waals surface area (Å²) in [4.78, 5) is 25.0. The summed E-state index contributed by atoms with van der Waals surface area (Å²) in [7, 11) is 0. The first-order chi connectivity index (χ1) is 15.8. The Hall–Kier alpha value is -3.54. The number of hydrogen-bond donors (Lipinski definition) is 0. The first kappa shape index (κ1) is 22.6. The van der Waals surface area contributed by atoms with E-state index in [1.165, 1.54) is 6.08 Å². The number of hydrogen-bond acceptors (Lipinski definition) is 6.